The second kappa shape index (κ2) is 7.65. The van der Waals surface area contributed by atoms with E-state index in [0.29, 0.717) is 6.04 Å². The van der Waals surface area contributed by atoms with E-state index in [4.69, 9.17) is 4.98 Å². The molecule has 0 spiro atoms. The molecule has 0 saturated heterocycles. The zero-order valence-corrected chi connectivity index (χ0v) is 15.0. The van der Waals surface area contributed by atoms with Crippen molar-refractivity contribution < 1.29 is 0 Å². The standard InChI is InChI=1S/C20H28N4/c1-14-9-8-10-15(2)19(14)23-18-13-16(3)21-20(24-18)22-17-11-6-4-5-7-12-17/h8-10,13,17H,4-7,11-12H2,1-3H3,(H2,21,22,23,24). The van der Waals surface area contributed by atoms with Gasteiger partial charge in [0.25, 0.3) is 0 Å². The molecule has 2 N–H and O–H groups in total. The Balaban J connectivity index is 1.78. The summed E-state index contributed by atoms with van der Waals surface area (Å²) in [5.41, 5.74) is 4.57. The number of nitrogens with one attached hydrogen (secondary N) is 2. The monoisotopic (exact) mass is 324 g/mol. The molecule has 128 valence electrons. The summed E-state index contributed by atoms with van der Waals surface area (Å²) in [4.78, 5) is 9.29. The maximum Gasteiger partial charge on any atom is 0.225 e. The van der Waals surface area contributed by atoms with Gasteiger partial charge in [0.05, 0.1) is 0 Å². The van der Waals surface area contributed by atoms with Gasteiger partial charge < -0.3 is 10.6 Å². The summed E-state index contributed by atoms with van der Waals surface area (Å²) in [5, 5.41) is 7.04. The summed E-state index contributed by atoms with van der Waals surface area (Å²) < 4.78 is 0. The second-order valence-electron chi connectivity index (χ2n) is 6.94. The van der Waals surface area contributed by atoms with Crippen molar-refractivity contribution in [2.75, 3.05) is 10.6 Å². The first-order chi connectivity index (χ1) is 11.6. The van der Waals surface area contributed by atoms with Crippen LogP contribution in [0.4, 0.5) is 17.5 Å². The lowest BCUT2D eigenvalue weighted by atomic mass is 10.1. The van der Waals surface area contributed by atoms with Gasteiger partial charge in [-0.1, -0.05) is 43.9 Å². The van der Waals surface area contributed by atoms with Gasteiger partial charge in [-0.15, -0.1) is 0 Å². The number of hydrogen-bond acceptors (Lipinski definition) is 4. The smallest absolute Gasteiger partial charge is 0.225 e. The highest BCUT2D eigenvalue weighted by Gasteiger charge is 2.14. The number of aromatic nitrogens is 2. The van der Waals surface area contributed by atoms with Crippen LogP contribution in [0.5, 0.6) is 0 Å². The van der Waals surface area contributed by atoms with E-state index in [2.05, 4.69) is 47.7 Å². The Morgan fingerprint density at radius 3 is 2.25 bits per heavy atom. The van der Waals surface area contributed by atoms with Crippen LogP contribution in [-0.4, -0.2) is 16.0 Å². The van der Waals surface area contributed by atoms with E-state index in [1.54, 1.807) is 0 Å². The SMILES string of the molecule is Cc1cc(Nc2c(C)cccc2C)nc(NC2CCCCCC2)n1. The largest absolute Gasteiger partial charge is 0.351 e. The van der Waals surface area contributed by atoms with Gasteiger partial charge in [-0.25, -0.2) is 4.98 Å². The predicted octanol–water partition coefficient (Wildman–Crippen LogP) is 5.28. The molecule has 1 aromatic heterocycles. The zero-order valence-electron chi connectivity index (χ0n) is 15.0. The van der Waals surface area contributed by atoms with Crippen molar-refractivity contribution in [1.82, 2.24) is 9.97 Å². The molecule has 4 nitrogen and oxygen atoms in total. The highest BCUT2D eigenvalue weighted by molar-refractivity contribution is 5.65. The fourth-order valence-corrected chi connectivity index (χ4v) is 3.44. The van der Waals surface area contributed by atoms with E-state index in [1.165, 1.54) is 49.7 Å². The van der Waals surface area contributed by atoms with Crippen LogP contribution in [0, 0.1) is 20.8 Å². The Morgan fingerprint density at radius 1 is 0.917 bits per heavy atom. The van der Waals surface area contributed by atoms with Crippen molar-refractivity contribution in [3.05, 3.63) is 41.1 Å². The summed E-state index contributed by atoms with van der Waals surface area (Å²) in [6.07, 6.45) is 7.75. The van der Waals surface area contributed by atoms with Gasteiger partial charge in [0.1, 0.15) is 5.82 Å². The van der Waals surface area contributed by atoms with Crippen molar-refractivity contribution in [2.24, 2.45) is 0 Å². The molecule has 1 aromatic carbocycles. The highest BCUT2D eigenvalue weighted by atomic mass is 15.2. The number of para-hydroxylation sites is 1. The van der Waals surface area contributed by atoms with Crippen LogP contribution in [0.1, 0.15) is 55.3 Å². The van der Waals surface area contributed by atoms with Gasteiger partial charge in [-0.3, -0.25) is 0 Å². The van der Waals surface area contributed by atoms with Gasteiger partial charge in [-0.05, 0) is 44.7 Å². The molecule has 1 fully saturated rings. The van der Waals surface area contributed by atoms with Crippen LogP contribution in [0.15, 0.2) is 24.3 Å². The quantitative estimate of drug-likeness (QED) is 0.751. The van der Waals surface area contributed by atoms with E-state index in [-0.39, 0.29) is 0 Å². The third kappa shape index (κ3) is 4.25. The predicted molar refractivity (Wildman–Crippen MR) is 101 cm³/mol. The molecule has 2 aromatic rings. The molecule has 0 radical (unpaired) electrons. The lowest BCUT2D eigenvalue weighted by Gasteiger charge is -2.18. The molecule has 24 heavy (non-hydrogen) atoms. The van der Waals surface area contributed by atoms with Crippen LogP contribution in [0.2, 0.25) is 0 Å². The number of nitrogens with zero attached hydrogens (tertiary/aromatic N) is 2. The van der Waals surface area contributed by atoms with Crippen molar-refractivity contribution in [1.29, 1.82) is 0 Å². The number of hydrogen-bond donors (Lipinski definition) is 2. The number of benzene rings is 1. The lowest BCUT2D eigenvalue weighted by molar-refractivity contribution is 0.614. The summed E-state index contributed by atoms with van der Waals surface area (Å²) in [6.45, 7) is 6.26. The summed E-state index contributed by atoms with van der Waals surface area (Å²) in [6, 6.07) is 8.83. The van der Waals surface area contributed by atoms with Crippen molar-refractivity contribution in [3.63, 3.8) is 0 Å². The molecule has 3 rings (SSSR count). The van der Waals surface area contributed by atoms with Crippen LogP contribution in [0.25, 0.3) is 0 Å². The van der Waals surface area contributed by atoms with Gasteiger partial charge in [0.2, 0.25) is 5.95 Å². The molecule has 0 amide bonds. The molecule has 4 heteroatoms. The van der Waals surface area contributed by atoms with Crippen LogP contribution in [-0.2, 0) is 0 Å². The van der Waals surface area contributed by atoms with Crippen LogP contribution in [0.3, 0.4) is 0 Å². The number of anilines is 3. The Bertz CT molecular complexity index is 668. The summed E-state index contributed by atoms with van der Waals surface area (Å²) in [7, 11) is 0. The van der Waals surface area contributed by atoms with Gasteiger partial charge in [0, 0.05) is 23.5 Å². The third-order valence-corrected chi connectivity index (χ3v) is 4.78. The van der Waals surface area contributed by atoms with Gasteiger partial charge >= 0.3 is 0 Å². The molecule has 0 bridgehead atoms. The van der Waals surface area contributed by atoms with E-state index >= 15 is 0 Å². The molecule has 0 unspecified atom stereocenters. The average Bonchev–Trinajstić information content (AvgIpc) is 2.79. The summed E-state index contributed by atoms with van der Waals surface area (Å²) in [5.74, 6) is 1.60. The average molecular weight is 324 g/mol. The number of rotatable bonds is 4. The minimum absolute atomic E-state index is 0.502. The molecule has 0 aliphatic heterocycles. The molecular formula is C20H28N4. The maximum atomic E-state index is 4.70. The topological polar surface area (TPSA) is 49.8 Å². The Morgan fingerprint density at radius 2 is 1.58 bits per heavy atom. The van der Waals surface area contributed by atoms with E-state index < -0.39 is 0 Å². The van der Waals surface area contributed by atoms with Gasteiger partial charge in [0.15, 0.2) is 0 Å². The van der Waals surface area contributed by atoms with E-state index in [9.17, 15) is 0 Å². The molecule has 1 aliphatic rings. The molecule has 1 aliphatic carbocycles. The minimum atomic E-state index is 0.502. The molecule has 0 atom stereocenters. The molecular weight excluding hydrogens is 296 g/mol. The molecule has 1 saturated carbocycles. The first kappa shape index (κ1) is 16.7. The maximum absolute atomic E-state index is 4.70. The van der Waals surface area contributed by atoms with Crippen LogP contribution >= 0.6 is 0 Å². The highest BCUT2D eigenvalue weighted by Crippen LogP contribution is 2.25. The third-order valence-electron chi connectivity index (χ3n) is 4.78. The summed E-state index contributed by atoms with van der Waals surface area (Å²) >= 11 is 0. The molecule has 1 heterocycles. The first-order valence-electron chi connectivity index (χ1n) is 9.07. The lowest BCUT2D eigenvalue weighted by Crippen LogP contribution is -2.20. The Hall–Kier alpha value is -2.10. The zero-order chi connectivity index (χ0) is 16.9. The van der Waals surface area contributed by atoms with Crippen molar-refractivity contribution in [2.45, 2.75) is 65.3 Å². The minimum Gasteiger partial charge on any atom is -0.351 e. The van der Waals surface area contributed by atoms with Gasteiger partial charge in [-0.2, -0.15) is 4.98 Å². The fourth-order valence-electron chi connectivity index (χ4n) is 3.44. The van der Waals surface area contributed by atoms with E-state index in [1.807, 2.05) is 13.0 Å². The normalized spacial score (nSPS) is 15.8. The van der Waals surface area contributed by atoms with E-state index in [0.717, 1.165) is 23.1 Å². The second-order valence-corrected chi connectivity index (χ2v) is 6.94. The van der Waals surface area contributed by atoms with Crippen molar-refractivity contribution >= 4 is 17.5 Å². The van der Waals surface area contributed by atoms with Crippen LogP contribution < -0.4 is 10.6 Å². The Labute approximate surface area is 145 Å². The van der Waals surface area contributed by atoms with Crippen molar-refractivity contribution in [3.8, 4) is 0 Å². The fraction of sp³-hybridized carbons (Fsp3) is 0.500. The first-order valence-corrected chi connectivity index (χ1v) is 9.07. The number of aryl methyl sites for hydroxylation is 3. The Kier molecular flexibility index (Phi) is 5.34.